The van der Waals surface area contributed by atoms with Crippen molar-refractivity contribution in [1.29, 1.82) is 0 Å². The number of carbonyl (C=O) groups is 1. The molecule has 162 valence electrons. The number of likely N-dealkylation sites (N-methyl/N-ethyl adjacent to an activating group) is 1. The summed E-state index contributed by atoms with van der Waals surface area (Å²) in [7, 11) is 1.92. The molecule has 2 aromatic carbocycles. The zero-order valence-corrected chi connectivity index (χ0v) is 19.9. The van der Waals surface area contributed by atoms with Crippen molar-refractivity contribution in [2.45, 2.75) is 63.7 Å². The monoisotopic (exact) mass is 471 g/mol. The molecule has 0 spiro atoms. The molecular weight excluding hydrogens is 438 g/mol. The van der Waals surface area contributed by atoms with Gasteiger partial charge in [0, 0.05) is 23.6 Å². The highest BCUT2D eigenvalue weighted by molar-refractivity contribution is 9.09. The van der Waals surface area contributed by atoms with Crippen LogP contribution in [0.1, 0.15) is 63.0 Å². The summed E-state index contributed by atoms with van der Waals surface area (Å²) in [6, 6.07) is 16.5. The normalized spacial score (nSPS) is 18.4. The van der Waals surface area contributed by atoms with Gasteiger partial charge in [-0.1, -0.05) is 84.9 Å². The van der Waals surface area contributed by atoms with E-state index >= 15 is 0 Å². The van der Waals surface area contributed by atoms with Crippen LogP contribution in [0.25, 0.3) is 0 Å². The smallest absolute Gasteiger partial charge is 0.237 e. The van der Waals surface area contributed by atoms with Gasteiger partial charge in [0.05, 0.1) is 12.0 Å². The van der Waals surface area contributed by atoms with Crippen LogP contribution in [-0.2, 0) is 16.6 Å². The fraction of sp³-hybridized carbons (Fsp3) is 0.500. The number of halogens is 1. The van der Waals surface area contributed by atoms with Crippen molar-refractivity contribution in [2.75, 3.05) is 23.9 Å². The van der Waals surface area contributed by atoms with Crippen molar-refractivity contribution in [2.24, 2.45) is 0 Å². The summed E-state index contributed by atoms with van der Waals surface area (Å²) in [4.78, 5) is 15.7. The van der Waals surface area contributed by atoms with Crippen molar-refractivity contribution in [1.82, 2.24) is 0 Å². The Kier molecular flexibility index (Phi) is 8.38. The van der Waals surface area contributed by atoms with Gasteiger partial charge in [-0.05, 0) is 43.4 Å². The molecule has 0 aromatic heterocycles. The largest absolute Gasteiger partial charge is 0.493 e. The third-order valence-electron chi connectivity index (χ3n) is 6.20. The Morgan fingerprint density at radius 1 is 1.00 bits per heavy atom. The van der Waals surface area contributed by atoms with E-state index in [1.807, 2.05) is 36.2 Å². The maximum absolute atomic E-state index is 13.9. The van der Waals surface area contributed by atoms with Gasteiger partial charge >= 0.3 is 0 Å². The lowest BCUT2D eigenvalue weighted by Gasteiger charge is -2.42. The number of fused-ring (bicyclic) bond motifs is 1. The molecular formula is C26H34BrNO2. The Labute approximate surface area is 189 Å². The van der Waals surface area contributed by atoms with E-state index in [1.54, 1.807) is 0 Å². The Balaban J connectivity index is 1.99. The van der Waals surface area contributed by atoms with E-state index in [1.165, 1.54) is 18.4 Å². The van der Waals surface area contributed by atoms with E-state index < -0.39 is 5.41 Å². The van der Waals surface area contributed by atoms with Crippen LogP contribution in [0, 0.1) is 0 Å². The van der Waals surface area contributed by atoms with Gasteiger partial charge in [0.15, 0.2) is 0 Å². The predicted octanol–water partition coefficient (Wildman–Crippen LogP) is 6.67. The molecule has 0 N–H and O–H groups in total. The van der Waals surface area contributed by atoms with Crippen molar-refractivity contribution in [3.8, 4) is 5.75 Å². The van der Waals surface area contributed by atoms with E-state index in [9.17, 15) is 4.79 Å². The Hall–Kier alpha value is -1.81. The van der Waals surface area contributed by atoms with Crippen LogP contribution in [0.5, 0.6) is 5.75 Å². The molecule has 0 bridgehead atoms. The Bertz CT molecular complexity index is 837. The van der Waals surface area contributed by atoms with E-state index in [-0.39, 0.29) is 5.91 Å². The predicted molar refractivity (Wildman–Crippen MR) is 129 cm³/mol. The lowest BCUT2D eigenvalue weighted by Crippen LogP contribution is -2.50. The summed E-state index contributed by atoms with van der Waals surface area (Å²) in [5.41, 5.74) is 2.75. The molecule has 1 unspecified atom stereocenters. The van der Waals surface area contributed by atoms with Crippen LogP contribution in [-0.4, -0.2) is 24.9 Å². The second kappa shape index (κ2) is 11.0. The summed E-state index contributed by atoms with van der Waals surface area (Å²) in [6.07, 6.45) is 8.28. The zero-order valence-electron chi connectivity index (χ0n) is 18.3. The van der Waals surface area contributed by atoms with Crippen LogP contribution in [0.3, 0.4) is 0 Å². The number of unbranched alkanes of at least 4 members (excludes halogenated alkanes) is 4. The second-order valence-corrected chi connectivity index (χ2v) is 9.10. The van der Waals surface area contributed by atoms with Gasteiger partial charge in [-0.3, -0.25) is 4.79 Å². The molecule has 3 nitrogen and oxygen atoms in total. The molecule has 0 fully saturated rings. The number of hydrogen-bond acceptors (Lipinski definition) is 2. The zero-order chi connectivity index (χ0) is 21.4. The molecule has 0 radical (unpaired) electrons. The van der Waals surface area contributed by atoms with Crippen LogP contribution in [0.4, 0.5) is 5.69 Å². The molecule has 2 aromatic rings. The maximum Gasteiger partial charge on any atom is 0.237 e. The minimum Gasteiger partial charge on any atom is -0.493 e. The number of nitrogens with zero attached hydrogens (tertiary/aromatic N) is 1. The van der Waals surface area contributed by atoms with Gasteiger partial charge in [-0.25, -0.2) is 0 Å². The number of benzene rings is 2. The summed E-state index contributed by atoms with van der Waals surface area (Å²) in [6.45, 7) is 2.90. The lowest BCUT2D eigenvalue weighted by atomic mass is 9.68. The van der Waals surface area contributed by atoms with Crippen molar-refractivity contribution >= 4 is 27.5 Å². The van der Waals surface area contributed by atoms with Gasteiger partial charge in [0.25, 0.3) is 0 Å². The second-order valence-electron chi connectivity index (χ2n) is 8.30. The molecule has 3 rings (SSSR count). The third kappa shape index (κ3) is 4.91. The minimum atomic E-state index is -0.567. The maximum atomic E-state index is 13.9. The molecule has 1 aliphatic rings. The number of hydrogen-bond donors (Lipinski definition) is 0. The van der Waals surface area contributed by atoms with Gasteiger partial charge in [-0.2, -0.15) is 0 Å². The highest BCUT2D eigenvalue weighted by atomic mass is 79.9. The third-order valence-corrected chi connectivity index (χ3v) is 6.77. The van der Waals surface area contributed by atoms with Crippen molar-refractivity contribution in [3.63, 3.8) is 0 Å². The molecule has 0 aliphatic carbocycles. The number of rotatable bonds is 11. The minimum absolute atomic E-state index is 0.189. The van der Waals surface area contributed by atoms with E-state index in [0.717, 1.165) is 60.9 Å². The Morgan fingerprint density at radius 3 is 2.57 bits per heavy atom. The molecule has 0 saturated heterocycles. The first-order valence-corrected chi connectivity index (χ1v) is 12.4. The molecule has 0 saturated carbocycles. The van der Waals surface area contributed by atoms with Gasteiger partial charge < -0.3 is 9.64 Å². The number of amides is 1. The van der Waals surface area contributed by atoms with Gasteiger partial charge in [0.1, 0.15) is 5.75 Å². The highest BCUT2D eigenvalue weighted by Crippen LogP contribution is 2.45. The SMILES string of the molecule is CCCCCCC1(c2ccccc2OCCCCBr)Cc2ccccc2N(C)C1=O. The van der Waals surface area contributed by atoms with Gasteiger partial charge in [-0.15, -0.1) is 0 Å². The molecule has 30 heavy (non-hydrogen) atoms. The molecule has 1 aliphatic heterocycles. The first kappa shape index (κ1) is 22.9. The first-order chi connectivity index (χ1) is 14.6. The number of ether oxygens (including phenoxy) is 1. The number of alkyl halides is 1. The average Bonchev–Trinajstić information content (AvgIpc) is 2.78. The number of carbonyl (C=O) groups excluding carboxylic acids is 1. The first-order valence-electron chi connectivity index (χ1n) is 11.3. The van der Waals surface area contributed by atoms with Crippen LogP contribution >= 0.6 is 15.9 Å². The summed E-state index contributed by atoms with van der Waals surface area (Å²) in [5.74, 6) is 1.05. The fourth-order valence-electron chi connectivity index (χ4n) is 4.58. The van der Waals surface area contributed by atoms with Crippen LogP contribution in [0.15, 0.2) is 48.5 Å². The molecule has 1 heterocycles. The Morgan fingerprint density at radius 2 is 1.77 bits per heavy atom. The topological polar surface area (TPSA) is 29.5 Å². The van der Waals surface area contributed by atoms with Crippen LogP contribution < -0.4 is 9.64 Å². The van der Waals surface area contributed by atoms with E-state index in [0.29, 0.717) is 6.61 Å². The molecule has 1 atom stereocenters. The van der Waals surface area contributed by atoms with Crippen molar-refractivity contribution in [3.05, 3.63) is 59.7 Å². The molecule has 4 heteroatoms. The average molecular weight is 472 g/mol. The van der Waals surface area contributed by atoms with Crippen molar-refractivity contribution < 1.29 is 9.53 Å². The number of para-hydroxylation sites is 2. The molecule has 1 amide bonds. The van der Waals surface area contributed by atoms with Crippen LogP contribution in [0.2, 0.25) is 0 Å². The van der Waals surface area contributed by atoms with E-state index in [2.05, 4.69) is 47.1 Å². The fourth-order valence-corrected chi connectivity index (χ4v) is 4.98. The van der Waals surface area contributed by atoms with E-state index in [4.69, 9.17) is 4.74 Å². The van der Waals surface area contributed by atoms with Gasteiger partial charge in [0.2, 0.25) is 5.91 Å². The standard InChI is InChI=1S/C26H34BrNO2/c1-3-4-5-10-17-26(20-21-13-6-8-15-23(21)28(2)25(26)29)22-14-7-9-16-24(22)30-19-12-11-18-27/h6-9,13-16H,3-5,10-12,17-20H2,1-2H3. The summed E-state index contributed by atoms with van der Waals surface area (Å²) >= 11 is 3.49. The quantitative estimate of drug-likeness (QED) is 0.270. The number of anilines is 1. The lowest BCUT2D eigenvalue weighted by molar-refractivity contribution is -0.124. The summed E-state index contributed by atoms with van der Waals surface area (Å²) < 4.78 is 6.22. The summed E-state index contributed by atoms with van der Waals surface area (Å²) in [5, 5.41) is 0.986. The highest BCUT2D eigenvalue weighted by Gasteiger charge is 2.47.